The van der Waals surface area contributed by atoms with Crippen molar-refractivity contribution in [3.8, 4) is 0 Å². The van der Waals surface area contributed by atoms with Crippen molar-refractivity contribution < 1.29 is 4.79 Å². The first-order valence-electron chi connectivity index (χ1n) is 8.10. The fourth-order valence-corrected chi connectivity index (χ4v) is 2.78. The third kappa shape index (κ3) is 2.99. The average Bonchev–Trinajstić information content (AvgIpc) is 3.15. The first-order chi connectivity index (χ1) is 11.5. The highest BCUT2D eigenvalue weighted by molar-refractivity contribution is 5.92. The molecular formula is C18H23N5O. The van der Waals surface area contributed by atoms with E-state index in [2.05, 4.69) is 46.9 Å². The van der Waals surface area contributed by atoms with Crippen molar-refractivity contribution in [2.75, 3.05) is 19.4 Å². The molecule has 126 valence electrons. The number of amides is 1. The molecule has 0 saturated heterocycles. The maximum atomic E-state index is 11.9. The number of carbonyl (C=O) groups excluding carboxylic acids is 1. The first kappa shape index (κ1) is 16.1. The van der Waals surface area contributed by atoms with E-state index in [-0.39, 0.29) is 5.91 Å². The standard InChI is InChI=1S/C18H23N5O/c1-5-23-16-9-6-12(2)10-15(16)21-18(23)19-11-13-7-8-14(20-13)17(24)22(3)4/h6-10,20H,5,11H2,1-4H3,(H,19,21). The van der Waals surface area contributed by atoms with Gasteiger partial charge in [-0.2, -0.15) is 0 Å². The Labute approximate surface area is 141 Å². The number of anilines is 1. The van der Waals surface area contributed by atoms with Crippen LogP contribution in [0.5, 0.6) is 0 Å². The highest BCUT2D eigenvalue weighted by Crippen LogP contribution is 2.21. The van der Waals surface area contributed by atoms with Crippen molar-refractivity contribution in [1.29, 1.82) is 0 Å². The molecule has 0 unspecified atom stereocenters. The summed E-state index contributed by atoms with van der Waals surface area (Å²) in [4.78, 5) is 21.3. The minimum Gasteiger partial charge on any atom is -0.353 e. The molecule has 0 radical (unpaired) electrons. The highest BCUT2D eigenvalue weighted by Gasteiger charge is 2.12. The Hall–Kier alpha value is -2.76. The van der Waals surface area contributed by atoms with Gasteiger partial charge in [-0.3, -0.25) is 4.79 Å². The second-order valence-corrected chi connectivity index (χ2v) is 6.12. The lowest BCUT2D eigenvalue weighted by Crippen LogP contribution is -2.22. The van der Waals surface area contributed by atoms with Crippen LogP contribution in [-0.2, 0) is 13.1 Å². The SMILES string of the molecule is CCn1c(NCc2ccc(C(=O)N(C)C)[nH]2)nc2cc(C)ccc21. The van der Waals surface area contributed by atoms with E-state index in [1.54, 1.807) is 19.0 Å². The molecule has 3 rings (SSSR count). The van der Waals surface area contributed by atoms with Crippen LogP contribution in [0, 0.1) is 6.92 Å². The molecule has 2 aromatic heterocycles. The average molecular weight is 325 g/mol. The van der Waals surface area contributed by atoms with Crippen LogP contribution < -0.4 is 5.32 Å². The maximum Gasteiger partial charge on any atom is 0.269 e. The number of aromatic amines is 1. The Morgan fingerprint density at radius 2 is 2.08 bits per heavy atom. The summed E-state index contributed by atoms with van der Waals surface area (Å²) in [5.41, 5.74) is 4.86. The van der Waals surface area contributed by atoms with Gasteiger partial charge >= 0.3 is 0 Å². The third-order valence-electron chi connectivity index (χ3n) is 4.04. The highest BCUT2D eigenvalue weighted by atomic mass is 16.2. The Balaban J connectivity index is 1.79. The van der Waals surface area contributed by atoms with Crippen LogP contribution in [0.1, 0.15) is 28.7 Å². The van der Waals surface area contributed by atoms with Crippen molar-refractivity contribution in [3.05, 3.63) is 47.3 Å². The van der Waals surface area contributed by atoms with Gasteiger partial charge in [0.2, 0.25) is 5.95 Å². The molecule has 0 saturated carbocycles. The lowest BCUT2D eigenvalue weighted by atomic mass is 10.2. The zero-order valence-corrected chi connectivity index (χ0v) is 14.6. The molecule has 0 bridgehead atoms. The first-order valence-corrected chi connectivity index (χ1v) is 8.10. The molecule has 0 aliphatic rings. The summed E-state index contributed by atoms with van der Waals surface area (Å²) in [5.74, 6) is 0.811. The van der Waals surface area contributed by atoms with Crippen LogP contribution in [0.25, 0.3) is 11.0 Å². The Bertz CT molecular complexity index is 875. The molecule has 1 aromatic carbocycles. The number of carbonyl (C=O) groups is 1. The molecule has 24 heavy (non-hydrogen) atoms. The largest absolute Gasteiger partial charge is 0.353 e. The van der Waals surface area contributed by atoms with Gasteiger partial charge in [-0.1, -0.05) is 6.07 Å². The number of nitrogens with one attached hydrogen (secondary N) is 2. The van der Waals surface area contributed by atoms with E-state index in [9.17, 15) is 4.79 Å². The van der Waals surface area contributed by atoms with Gasteiger partial charge < -0.3 is 19.8 Å². The number of hydrogen-bond acceptors (Lipinski definition) is 3. The maximum absolute atomic E-state index is 11.9. The summed E-state index contributed by atoms with van der Waals surface area (Å²) in [6.45, 7) is 5.61. The van der Waals surface area contributed by atoms with Gasteiger partial charge in [-0.15, -0.1) is 0 Å². The zero-order valence-electron chi connectivity index (χ0n) is 14.6. The van der Waals surface area contributed by atoms with E-state index in [1.165, 1.54) is 5.56 Å². The summed E-state index contributed by atoms with van der Waals surface area (Å²) in [6, 6.07) is 10.0. The number of rotatable bonds is 5. The van der Waals surface area contributed by atoms with Crippen molar-refractivity contribution in [2.24, 2.45) is 0 Å². The van der Waals surface area contributed by atoms with E-state index < -0.39 is 0 Å². The molecule has 2 N–H and O–H groups in total. The lowest BCUT2D eigenvalue weighted by Gasteiger charge is -2.09. The minimum absolute atomic E-state index is 0.0301. The molecule has 0 aliphatic heterocycles. The summed E-state index contributed by atoms with van der Waals surface area (Å²) in [5, 5.41) is 3.37. The van der Waals surface area contributed by atoms with Gasteiger partial charge in [0, 0.05) is 26.3 Å². The van der Waals surface area contributed by atoms with Gasteiger partial charge in [0.1, 0.15) is 5.69 Å². The fourth-order valence-electron chi connectivity index (χ4n) is 2.78. The van der Waals surface area contributed by atoms with Crippen LogP contribution in [0.3, 0.4) is 0 Å². The number of hydrogen-bond donors (Lipinski definition) is 2. The lowest BCUT2D eigenvalue weighted by molar-refractivity contribution is 0.0822. The van der Waals surface area contributed by atoms with E-state index in [0.29, 0.717) is 12.2 Å². The van der Waals surface area contributed by atoms with Gasteiger partial charge in [0.05, 0.1) is 17.6 Å². The van der Waals surface area contributed by atoms with Crippen molar-refractivity contribution in [2.45, 2.75) is 26.9 Å². The molecule has 6 heteroatoms. The van der Waals surface area contributed by atoms with Crippen LogP contribution in [0.15, 0.2) is 30.3 Å². The molecule has 0 aliphatic carbocycles. The van der Waals surface area contributed by atoms with Crippen molar-refractivity contribution in [1.82, 2.24) is 19.4 Å². The molecule has 2 heterocycles. The predicted molar refractivity (Wildman–Crippen MR) is 96.3 cm³/mol. The molecule has 3 aromatic rings. The monoisotopic (exact) mass is 325 g/mol. The number of H-pyrrole nitrogens is 1. The van der Waals surface area contributed by atoms with E-state index in [4.69, 9.17) is 4.98 Å². The Morgan fingerprint density at radius 1 is 1.29 bits per heavy atom. The van der Waals surface area contributed by atoms with E-state index in [1.807, 2.05) is 12.1 Å². The number of aromatic nitrogens is 3. The summed E-state index contributed by atoms with van der Waals surface area (Å²) in [6.07, 6.45) is 0. The number of benzene rings is 1. The van der Waals surface area contributed by atoms with Crippen molar-refractivity contribution >= 4 is 22.9 Å². The predicted octanol–water partition coefficient (Wildman–Crippen LogP) is 3.01. The molecule has 0 atom stereocenters. The van der Waals surface area contributed by atoms with E-state index >= 15 is 0 Å². The van der Waals surface area contributed by atoms with Gasteiger partial charge in [-0.25, -0.2) is 4.98 Å². The summed E-state index contributed by atoms with van der Waals surface area (Å²) < 4.78 is 2.16. The van der Waals surface area contributed by atoms with Crippen LogP contribution in [-0.4, -0.2) is 39.4 Å². The van der Waals surface area contributed by atoms with Crippen LogP contribution in [0.2, 0.25) is 0 Å². The van der Waals surface area contributed by atoms with E-state index in [0.717, 1.165) is 29.2 Å². The molecule has 0 spiro atoms. The molecular weight excluding hydrogens is 302 g/mol. The topological polar surface area (TPSA) is 66.0 Å². The normalized spacial score (nSPS) is 11.0. The zero-order chi connectivity index (χ0) is 17.3. The van der Waals surface area contributed by atoms with Crippen molar-refractivity contribution in [3.63, 3.8) is 0 Å². The minimum atomic E-state index is -0.0301. The van der Waals surface area contributed by atoms with Gasteiger partial charge in [0.25, 0.3) is 5.91 Å². The molecule has 6 nitrogen and oxygen atoms in total. The second kappa shape index (κ2) is 6.39. The second-order valence-electron chi connectivity index (χ2n) is 6.12. The summed E-state index contributed by atoms with van der Waals surface area (Å²) in [7, 11) is 3.49. The van der Waals surface area contributed by atoms with Gasteiger partial charge in [0.15, 0.2) is 0 Å². The number of fused-ring (bicyclic) bond motifs is 1. The summed E-state index contributed by atoms with van der Waals surface area (Å²) >= 11 is 0. The molecule has 1 amide bonds. The number of nitrogens with zero attached hydrogens (tertiary/aromatic N) is 3. The Morgan fingerprint density at radius 3 is 2.79 bits per heavy atom. The number of imidazole rings is 1. The fraction of sp³-hybridized carbons (Fsp3) is 0.333. The quantitative estimate of drug-likeness (QED) is 0.758. The van der Waals surface area contributed by atoms with Crippen LogP contribution in [0.4, 0.5) is 5.95 Å². The Kier molecular flexibility index (Phi) is 4.29. The third-order valence-corrected chi connectivity index (χ3v) is 4.04. The molecule has 0 fully saturated rings. The van der Waals surface area contributed by atoms with Gasteiger partial charge in [-0.05, 0) is 43.7 Å². The smallest absolute Gasteiger partial charge is 0.269 e. The van der Waals surface area contributed by atoms with Crippen LogP contribution >= 0.6 is 0 Å². The number of aryl methyl sites for hydroxylation is 2.